The maximum Gasteiger partial charge on any atom is 0.142 e. The average Bonchev–Trinajstić information content (AvgIpc) is 2.39. The molecule has 1 aromatic heterocycles. The summed E-state index contributed by atoms with van der Waals surface area (Å²) in [5.41, 5.74) is 1.52. The van der Waals surface area contributed by atoms with Crippen molar-refractivity contribution in [1.82, 2.24) is 4.98 Å². The fourth-order valence-corrected chi connectivity index (χ4v) is 2.05. The van der Waals surface area contributed by atoms with Gasteiger partial charge in [0.2, 0.25) is 0 Å². The monoisotopic (exact) mass is 217 g/mol. The molecule has 16 heavy (non-hydrogen) atoms. The highest BCUT2D eigenvalue weighted by Crippen LogP contribution is 2.22. The van der Waals surface area contributed by atoms with Gasteiger partial charge in [0.05, 0.1) is 0 Å². The zero-order chi connectivity index (χ0) is 11.4. The van der Waals surface area contributed by atoms with Crippen molar-refractivity contribution in [3.63, 3.8) is 0 Å². The van der Waals surface area contributed by atoms with E-state index in [2.05, 4.69) is 9.88 Å². The molecule has 0 atom stereocenters. The smallest absolute Gasteiger partial charge is 0.142 e. The fourth-order valence-electron chi connectivity index (χ4n) is 2.05. The predicted octanol–water partition coefficient (Wildman–Crippen LogP) is 1.16. The van der Waals surface area contributed by atoms with Crippen LogP contribution in [0.5, 0.6) is 0 Å². The second-order valence-corrected chi connectivity index (χ2v) is 4.12. The number of hydrogen-bond acceptors (Lipinski definition) is 4. The molecule has 1 saturated heterocycles. The van der Waals surface area contributed by atoms with E-state index in [1.165, 1.54) is 0 Å². The molecule has 84 valence electrons. The van der Waals surface area contributed by atoms with Crippen LogP contribution in [-0.2, 0) is 0 Å². The van der Waals surface area contributed by atoms with Crippen LogP contribution < -0.4 is 4.90 Å². The number of anilines is 1. The number of nitriles is 1. The summed E-state index contributed by atoms with van der Waals surface area (Å²) in [6.45, 7) is 2.17. The topological polar surface area (TPSA) is 60.2 Å². The SMILES string of the molecule is N#Cc1cc(N2CCC(CO)CC2)ccn1. The van der Waals surface area contributed by atoms with Crippen molar-refractivity contribution >= 4 is 5.69 Å². The summed E-state index contributed by atoms with van der Waals surface area (Å²) < 4.78 is 0. The standard InChI is InChI=1S/C12H15N3O/c13-8-11-7-12(1-4-14-11)15-5-2-10(9-16)3-6-15/h1,4,7,10,16H,2-3,5-6,9H2. The summed E-state index contributed by atoms with van der Waals surface area (Å²) in [6, 6.07) is 5.80. The van der Waals surface area contributed by atoms with Gasteiger partial charge in [-0.1, -0.05) is 0 Å². The van der Waals surface area contributed by atoms with Crippen molar-refractivity contribution in [2.45, 2.75) is 12.8 Å². The molecule has 0 spiro atoms. The number of aliphatic hydroxyl groups is 1. The largest absolute Gasteiger partial charge is 0.396 e. The molecule has 0 aromatic carbocycles. The molecule has 1 aromatic rings. The van der Waals surface area contributed by atoms with Gasteiger partial charge in [-0.25, -0.2) is 4.98 Å². The van der Waals surface area contributed by atoms with Gasteiger partial charge >= 0.3 is 0 Å². The van der Waals surface area contributed by atoms with Crippen LogP contribution in [0, 0.1) is 17.2 Å². The minimum absolute atomic E-state index is 0.285. The molecule has 0 radical (unpaired) electrons. The lowest BCUT2D eigenvalue weighted by molar-refractivity contribution is 0.203. The van der Waals surface area contributed by atoms with E-state index in [0.717, 1.165) is 31.6 Å². The first-order chi connectivity index (χ1) is 7.83. The molecule has 1 aliphatic rings. The van der Waals surface area contributed by atoms with Crippen LogP contribution in [0.4, 0.5) is 5.69 Å². The van der Waals surface area contributed by atoms with Gasteiger partial charge in [0.25, 0.3) is 0 Å². The lowest BCUT2D eigenvalue weighted by Crippen LogP contribution is -2.34. The Morgan fingerprint density at radius 1 is 1.50 bits per heavy atom. The molecule has 2 rings (SSSR count). The Morgan fingerprint density at radius 2 is 2.25 bits per heavy atom. The summed E-state index contributed by atoms with van der Waals surface area (Å²) >= 11 is 0. The molecule has 0 bridgehead atoms. The van der Waals surface area contributed by atoms with E-state index in [1.54, 1.807) is 6.20 Å². The first-order valence-electron chi connectivity index (χ1n) is 5.55. The second kappa shape index (κ2) is 4.95. The number of nitrogens with zero attached hydrogens (tertiary/aromatic N) is 3. The Hall–Kier alpha value is -1.60. The first-order valence-corrected chi connectivity index (χ1v) is 5.55. The Balaban J connectivity index is 2.05. The summed E-state index contributed by atoms with van der Waals surface area (Å²) in [7, 11) is 0. The minimum Gasteiger partial charge on any atom is -0.396 e. The molecular weight excluding hydrogens is 202 g/mol. The van der Waals surface area contributed by atoms with Crippen molar-refractivity contribution in [3.8, 4) is 6.07 Å². The van der Waals surface area contributed by atoms with Gasteiger partial charge in [-0.2, -0.15) is 5.26 Å². The molecule has 4 heteroatoms. The van der Waals surface area contributed by atoms with Crippen LogP contribution in [0.25, 0.3) is 0 Å². The number of aromatic nitrogens is 1. The van der Waals surface area contributed by atoms with E-state index in [1.807, 2.05) is 18.2 Å². The molecule has 0 unspecified atom stereocenters. The number of piperidine rings is 1. The van der Waals surface area contributed by atoms with Crippen molar-refractivity contribution in [2.75, 3.05) is 24.6 Å². The highest BCUT2D eigenvalue weighted by atomic mass is 16.3. The summed E-state index contributed by atoms with van der Waals surface area (Å²) in [5, 5.41) is 17.8. The Morgan fingerprint density at radius 3 is 2.88 bits per heavy atom. The molecule has 1 fully saturated rings. The normalized spacial score (nSPS) is 17.1. The van der Waals surface area contributed by atoms with Gasteiger partial charge in [0.1, 0.15) is 11.8 Å². The molecule has 0 saturated carbocycles. The van der Waals surface area contributed by atoms with Gasteiger partial charge < -0.3 is 10.0 Å². The van der Waals surface area contributed by atoms with Crippen molar-refractivity contribution in [3.05, 3.63) is 24.0 Å². The maximum absolute atomic E-state index is 9.06. The van der Waals surface area contributed by atoms with E-state index in [4.69, 9.17) is 10.4 Å². The van der Waals surface area contributed by atoms with E-state index < -0.39 is 0 Å². The lowest BCUT2D eigenvalue weighted by atomic mass is 9.97. The molecular formula is C12H15N3O. The van der Waals surface area contributed by atoms with Crippen molar-refractivity contribution in [2.24, 2.45) is 5.92 Å². The third-order valence-electron chi connectivity index (χ3n) is 3.10. The van der Waals surface area contributed by atoms with E-state index in [0.29, 0.717) is 11.6 Å². The third kappa shape index (κ3) is 2.31. The van der Waals surface area contributed by atoms with Gasteiger partial charge in [-0.05, 0) is 30.9 Å². The van der Waals surface area contributed by atoms with Gasteiger partial charge in [0.15, 0.2) is 0 Å². The van der Waals surface area contributed by atoms with Crippen LogP contribution >= 0.6 is 0 Å². The van der Waals surface area contributed by atoms with E-state index in [9.17, 15) is 0 Å². The molecule has 0 aliphatic carbocycles. The Bertz CT molecular complexity index is 391. The molecule has 0 amide bonds. The Labute approximate surface area is 95.1 Å². The summed E-state index contributed by atoms with van der Waals surface area (Å²) in [4.78, 5) is 6.20. The van der Waals surface area contributed by atoms with Gasteiger partial charge in [-0.15, -0.1) is 0 Å². The Kier molecular flexibility index (Phi) is 3.37. The summed E-state index contributed by atoms with van der Waals surface area (Å²) in [5.74, 6) is 0.438. The summed E-state index contributed by atoms with van der Waals surface area (Å²) in [6.07, 6.45) is 3.70. The van der Waals surface area contributed by atoms with E-state index in [-0.39, 0.29) is 6.61 Å². The zero-order valence-corrected chi connectivity index (χ0v) is 9.13. The molecule has 4 nitrogen and oxygen atoms in total. The van der Waals surface area contributed by atoms with Gasteiger partial charge in [-0.3, -0.25) is 0 Å². The van der Waals surface area contributed by atoms with Crippen LogP contribution in [0.15, 0.2) is 18.3 Å². The first kappa shape index (κ1) is 10.9. The number of hydrogen-bond donors (Lipinski definition) is 1. The van der Waals surface area contributed by atoms with Crippen LogP contribution in [0.1, 0.15) is 18.5 Å². The zero-order valence-electron chi connectivity index (χ0n) is 9.13. The number of rotatable bonds is 2. The van der Waals surface area contributed by atoms with E-state index >= 15 is 0 Å². The van der Waals surface area contributed by atoms with Gasteiger partial charge in [0, 0.05) is 31.6 Å². The number of pyridine rings is 1. The maximum atomic E-state index is 9.06. The third-order valence-corrected chi connectivity index (χ3v) is 3.10. The predicted molar refractivity (Wildman–Crippen MR) is 61.0 cm³/mol. The van der Waals surface area contributed by atoms with Crippen molar-refractivity contribution < 1.29 is 5.11 Å². The average molecular weight is 217 g/mol. The highest BCUT2D eigenvalue weighted by molar-refractivity contribution is 5.48. The quantitative estimate of drug-likeness (QED) is 0.807. The molecule has 2 heterocycles. The second-order valence-electron chi connectivity index (χ2n) is 4.12. The van der Waals surface area contributed by atoms with Crippen molar-refractivity contribution in [1.29, 1.82) is 5.26 Å². The molecule has 1 aliphatic heterocycles. The van der Waals surface area contributed by atoms with Crippen LogP contribution in [-0.4, -0.2) is 29.8 Å². The highest BCUT2D eigenvalue weighted by Gasteiger charge is 2.18. The molecule has 1 N–H and O–H groups in total. The number of aliphatic hydroxyl groups excluding tert-OH is 1. The van der Waals surface area contributed by atoms with Crippen LogP contribution in [0.2, 0.25) is 0 Å². The van der Waals surface area contributed by atoms with Crippen LogP contribution in [0.3, 0.4) is 0 Å². The minimum atomic E-state index is 0.285. The lowest BCUT2D eigenvalue weighted by Gasteiger charge is -2.32. The fraction of sp³-hybridized carbons (Fsp3) is 0.500.